The molecular weight excluding hydrogens is 258 g/mol. The normalized spacial score (nSPS) is 30.6. The number of nitrogens with two attached hydrogens (primary N) is 1. The van der Waals surface area contributed by atoms with Crippen molar-refractivity contribution in [1.29, 1.82) is 0 Å². The molecular formula is C16H22ClNO. The Bertz CT molecular complexity index is 460. The highest BCUT2D eigenvalue weighted by Gasteiger charge is 2.39. The van der Waals surface area contributed by atoms with Gasteiger partial charge in [-0.3, -0.25) is 0 Å². The monoisotopic (exact) mass is 279 g/mol. The van der Waals surface area contributed by atoms with Crippen LogP contribution in [0.15, 0.2) is 18.2 Å². The Balaban J connectivity index is 1.61. The molecule has 0 amide bonds. The Labute approximate surface area is 120 Å². The third kappa shape index (κ3) is 2.75. The fraction of sp³-hybridized carbons (Fsp3) is 0.625. The maximum atomic E-state index is 6.26. The van der Waals surface area contributed by atoms with E-state index in [0.717, 1.165) is 35.7 Å². The molecule has 2 nitrogen and oxygen atoms in total. The summed E-state index contributed by atoms with van der Waals surface area (Å²) in [5, 5.41) is 0.679. The molecule has 0 saturated heterocycles. The zero-order valence-corrected chi connectivity index (χ0v) is 12.2. The average Bonchev–Trinajstić information content (AvgIpc) is 2.99. The van der Waals surface area contributed by atoms with Crippen LogP contribution in [-0.4, -0.2) is 6.61 Å². The molecule has 2 saturated carbocycles. The van der Waals surface area contributed by atoms with E-state index in [1.54, 1.807) is 0 Å². The number of fused-ring (bicyclic) bond motifs is 2. The van der Waals surface area contributed by atoms with E-state index in [1.165, 1.54) is 25.7 Å². The lowest BCUT2D eigenvalue weighted by Crippen LogP contribution is -2.18. The van der Waals surface area contributed by atoms with Crippen LogP contribution in [0.5, 0.6) is 5.75 Å². The van der Waals surface area contributed by atoms with Gasteiger partial charge in [-0.1, -0.05) is 24.1 Å². The number of hydrogen-bond acceptors (Lipinski definition) is 2. The van der Waals surface area contributed by atoms with E-state index < -0.39 is 0 Å². The number of ether oxygens (including phenoxy) is 1. The maximum absolute atomic E-state index is 6.26. The lowest BCUT2D eigenvalue weighted by atomic mass is 9.89. The molecule has 4 atom stereocenters. The molecule has 19 heavy (non-hydrogen) atoms. The van der Waals surface area contributed by atoms with Gasteiger partial charge in [0.25, 0.3) is 0 Å². The predicted molar refractivity (Wildman–Crippen MR) is 78.5 cm³/mol. The molecule has 1 aromatic rings. The second kappa shape index (κ2) is 5.34. The number of hydrogen-bond donors (Lipinski definition) is 1. The van der Waals surface area contributed by atoms with Gasteiger partial charge in [0.1, 0.15) is 5.75 Å². The minimum Gasteiger partial charge on any atom is -0.492 e. The largest absolute Gasteiger partial charge is 0.492 e. The lowest BCUT2D eigenvalue weighted by molar-refractivity contribution is 0.195. The van der Waals surface area contributed by atoms with Gasteiger partial charge in [0.05, 0.1) is 11.6 Å². The van der Waals surface area contributed by atoms with Crippen LogP contribution < -0.4 is 10.5 Å². The highest BCUT2D eigenvalue weighted by atomic mass is 35.5. The van der Waals surface area contributed by atoms with Crippen molar-refractivity contribution >= 4 is 11.6 Å². The first kappa shape index (κ1) is 13.3. The third-order valence-electron chi connectivity index (χ3n) is 4.82. The Morgan fingerprint density at radius 2 is 2.21 bits per heavy atom. The van der Waals surface area contributed by atoms with Crippen LogP contribution in [0.25, 0.3) is 0 Å². The zero-order valence-electron chi connectivity index (χ0n) is 11.4. The van der Waals surface area contributed by atoms with Crippen molar-refractivity contribution in [2.75, 3.05) is 6.61 Å². The van der Waals surface area contributed by atoms with Gasteiger partial charge in [-0.25, -0.2) is 0 Å². The molecule has 0 aliphatic heterocycles. The third-order valence-corrected chi connectivity index (χ3v) is 5.11. The predicted octanol–water partition coefficient (Wildman–Crippen LogP) is 4.17. The van der Waals surface area contributed by atoms with E-state index >= 15 is 0 Å². The molecule has 2 aliphatic carbocycles. The van der Waals surface area contributed by atoms with Crippen LogP contribution in [0.4, 0.5) is 0 Å². The smallest absolute Gasteiger partial charge is 0.137 e. The second-order valence-electron chi connectivity index (χ2n) is 6.22. The number of halogens is 1. The van der Waals surface area contributed by atoms with Gasteiger partial charge >= 0.3 is 0 Å². The van der Waals surface area contributed by atoms with E-state index in [1.807, 2.05) is 25.1 Å². The van der Waals surface area contributed by atoms with Crippen LogP contribution in [0.3, 0.4) is 0 Å². The summed E-state index contributed by atoms with van der Waals surface area (Å²) in [6.45, 7) is 2.78. The number of rotatable bonds is 4. The van der Waals surface area contributed by atoms with Crippen molar-refractivity contribution in [3.8, 4) is 5.75 Å². The molecule has 3 unspecified atom stereocenters. The summed E-state index contributed by atoms with van der Waals surface area (Å²) < 4.78 is 5.94. The first-order valence-electron chi connectivity index (χ1n) is 7.31. The minimum atomic E-state index is 0.0112. The Morgan fingerprint density at radius 3 is 2.79 bits per heavy atom. The molecule has 0 heterocycles. The zero-order chi connectivity index (χ0) is 13.4. The second-order valence-corrected chi connectivity index (χ2v) is 6.63. The van der Waals surface area contributed by atoms with Crippen LogP contribution >= 0.6 is 11.6 Å². The summed E-state index contributed by atoms with van der Waals surface area (Å²) in [4.78, 5) is 0. The Kier molecular flexibility index (Phi) is 3.72. The summed E-state index contributed by atoms with van der Waals surface area (Å²) in [7, 11) is 0. The molecule has 0 radical (unpaired) electrons. The van der Waals surface area contributed by atoms with Gasteiger partial charge in [-0.05, 0) is 61.6 Å². The van der Waals surface area contributed by atoms with Crippen LogP contribution in [0.2, 0.25) is 5.02 Å². The standard InChI is InChI=1S/C16H22ClNO/c1-10(18)12-4-5-16(15(17)8-12)19-9-14-7-11-2-3-13(14)6-11/h4-5,8,10-11,13-14H,2-3,6-7,9,18H2,1H3/t10-,11?,13?,14?/m1/s1. The first-order valence-corrected chi connectivity index (χ1v) is 7.69. The first-order chi connectivity index (χ1) is 9.13. The number of benzene rings is 1. The van der Waals surface area contributed by atoms with Crippen LogP contribution in [-0.2, 0) is 0 Å². The SMILES string of the molecule is C[C@@H](N)c1ccc(OCC2CC3CCC2C3)c(Cl)c1. The van der Waals surface area contributed by atoms with E-state index in [0.29, 0.717) is 5.02 Å². The van der Waals surface area contributed by atoms with E-state index in [9.17, 15) is 0 Å². The Hall–Kier alpha value is -0.730. The molecule has 2 aliphatic rings. The van der Waals surface area contributed by atoms with Crippen LogP contribution in [0, 0.1) is 17.8 Å². The highest BCUT2D eigenvalue weighted by molar-refractivity contribution is 6.32. The molecule has 2 bridgehead atoms. The van der Waals surface area contributed by atoms with Gasteiger partial charge in [0, 0.05) is 6.04 Å². The fourth-order valence-corrected chi connectivity index (χ4v) is 3.94. The van der Waals surface area contributed by atoms with Gasteiger partial charge in [-0.2, -0.15) is 0 Å². The van der Waals surface area contributed by atoms with Crippen molar-refractivity contribution in [1.82, 2.24) is 0 Å². The summed E-state index contributed by atoms with van der Waals surface area (Å²) in [6.07, 6.45) is 5.60. The molecule has 0 spiro atoms. The van der Waals surface area contributed by atoms with Crippen molar-refractivity contribution in [3.63, 3.8) is 0 Å². The Morgan fingerprint density at radius 1 is 1.37 bits per heavy atom. The van der Waals surface area contributed by atoms with E-state index in [4.69, 9.17) is 22.1 Å². The lowest BCUT2D eigenvalue weighted by Gasteiger charge is -2.22. The summed E-state index contributed by atoms with van der Waals surface area (Å²) in [5.41, 5.74) is 6.90. The summed E-state index contributed by atoms with van der Waals surface area (Å²) in [5.74, 6) is 3.40. The van der Waals surface area contributed by atoms with Crippen LogP contribution in [0.1, 0.15) is 44.2 Å². The van der Waals surface area contributed by atoms with Gasteiger partial charge in [0.15, 0.2) is 0 Å². The fourth-order valence-electron chi connectivity index (χ4n) is 3.69. The summed E-state index contributed by atoms with van der Waals surface area (Å²) >= 11 is 6.26. The van der Waals surface area contributed by atoms with Gasteiger partial charge in [-0.15, -0.1) is 0 Å². The van der Waals surface area contributed by atoms with Crippen molar-refractivity contribution in [3.05, 3.63) is 28.8 Å². The average molecular weight is 280 g/mol. The molecule has 104 valence electrons. The summed E-state index contributed by atoms with van der Waals surface area (Å²) in [6, 6.07) is 5.89. The molecule has 2 fully saturated rings. The van der Waals surface area contributed by atoms with Crippen molar-refractivity contribution in [2.45, 2.75) is 38.6 Å². The maximum Gasteiger partial charge on any atom is 0.137 e. The van der Waals surface area contributed by atoms with Crippen molar-refractivity contribution in [2.24, 2.45) is 23.5 Å². The van der Waals surface area contributed by atoms with Crippen molar-refractivity contribution < 1.29 is 4.74 Å². The molecule has 2 N–H and O–H groups in total. The van der Waals surface area contributed by atoms with Gasteiger partial charge in [0.2, 0.25) is 0 Å². The van der Waals surface area contributed by atoms with E-state index in [2.05, 4.69) is 0 Å². The molecule has 0 aromatic heterocycles. The molecule has 1 aromatic carbocycles. The topological polar surface area (TPSA) is 35.2 Å². The van der Waals surface area contributed by atoms with E-state index in [-0.39, 0.29) is 6.04 Å². The minimum absolute atomic E-state index is 0.0112. The highest BCUT2D eigenvalue weighted by Crippen LogP contribution is 2.48. The molecule has 3 rings (SSSR count). The van der Waals surface area contributed by atoms with Gasteiger partial charge < -0.3 is 10.5 Å². The molecule has 3 heteroatoms. The quantitative estimate of drug-likeness (QED) is 0.897.